The van der Waals surface area contributed by atoms with Gasteiger partial charge in [-0.15, -0.1) is 11.3 Å². The fraction of sp³-hybridized carbons (Fsp3) is 0.0667. The highest BCUT2D eigenvalue weighted by Crippen LogP contribution is 2.34. The smallest absolute Gasteiger partial charge is 0.161 e. The van der Waals surface area contributed by atoms with Crippen LogP contribution in [0.3, 0.4) is 0 Å². The third kappa shape index (κ3) is 4.49. The molecule has 7 rings (SSSR count). The molecular formula is C30H23N7OS. The Morgan fingerprint density at radius 1 is 0.949 bits per heavy atom. The van der Waals surface area contributed by atoms with E-state index in [4.69, 9.17) is 20.4 Å². The van der Waals surface area contributed by atoms with Gasteiger partial charge in [-0.3, -0.25) is 10.1 Å². The molecule has 0 amide bonds. The minimum absolute atomic E-state index is 0.467. The second kappa shape index (κ2) is 9.70. The van der Waals surface area contributed by atoms with Crippen molar-refractivity contribution in [2.45, 2.75) is 13.0 Å². The van der Waals surface area contributed by atoms with Crippen molar-refractivity contribution in [2.75, 3.05) is 0 Å². The van der Waals surface area contributed by atoms with E-state index in [0.29, 0.717) is 30.3 Å². The van der Waals surface area contributed by atoms with Crippen molar-refractivity contribution in [3.8, 4) is 28.5 Å². The van der Waals surface area contributed by atoms with E-state index in [-0.39, 0.29) is 0 Å². The van der Waals surface area contributed by atoms with Crippen LogP contribution in [-0.4, -0.2) is 30.1 Å². The summed E-state index contributed by atoms with van der Waals surface area (Å²) >= 11 is 1.67. The molecule has 4 N–H and O–H groups in total. The Hall–Kier alpha value is -5.02. The lowest BCUT2D eigenvalue weighted by Crippen LogP contribution is -2.01. The number of pyridine rings is 2. The van der Waals surface area contributed by atoms with Crippen LogP contribution in [0.1, 0.15) is 21.8 Å². The van der Waals surface area contributed by atoms with Crippen LogP contribution < -0.4 is 10.5 Å². The van der Waals surface area contributed by atoms with E-state index in [0.717, 1.165) is 55.4 Å². The molecule has 5 heterocycles. The zero-order valence-corrected chi connectivity index (χ0v) is 21.6. The van der Waals surface area contributed by atoms with Gasteiger partial charge in [-0.05, 0) is 47.4 Å². The maximum Gasteiger partial charge on any atom is 0.161 e. The molecule has 190 valence electrons. The quantitative estimate of drug-likeness (QED) is 0.248. The average molecular weight is 530 g/mol. The van der Waals surface area contributed by atoms with E-state index < -0.39 is 0 Å². The van der Waals surface area contributed by atoms with E-state index in [1.165, 1.54) is 0 Å². The van der Waals surface area contributed by atoms with E-state index in [1.54, 1.807) is 23.7 Å². The molecule has 9 heteroatoms. The van der Waals surface area contributed by atoms with E-state index >= 15 is 0 Å². The highest BCUT2D eigenvalue weighted by molar-refractivity contribution is 7.11. The summed E-state index contributed by atoms with van der Waals surface area (Å²) in [6.45, 7) is 0.467. The number of aromatic amines is 2. The Kier molecular flexibility index (Phi) is 5.75. The normalized spacial score (nSPS) is 13.0. The number of nitrogens with zero attached hydrogens (tertiary/aromatic N) is 4. The van der Waals surface area contributed by atoms with Gasteiger partial charge >= 0.3 is 0 Å². The summed E-state index contributed by atoms with van der Waals surface area (Å²) in [5.41, 5.74) is 14.8. The Bertz CT molecular complexity index is 1850. The van der Waals surface area contributed by atoms with Crippen LogP contribution >= 0.6 is 11.3 Å². The average Bonchev–Trinajstić information content (AvgIpc) is 3.72. The van der Waals surface area contributed by atoms with Crippen LogP contribution in [-0.2, 0) is 13.0 Å². The number of ether oxygens (including phenoxy) is 1. The molecule has 8 nitrogen and oxygen atoms in total. The molecule has 1 aliphatic rings. The first-order valence-corrected chi connectivity index (χ1v) is 13.4. The predicted molar refractivity (Wildman–Crippen MR) is 153 cm³/mol. The number of rotatable bonds is 6. The Labute approximate surface area is 228 Å². The SMILES string of the molecule is NC1=CC=C(c2cccs2)c2nc(-c3n[nH]c4ccc(-c5cncc(OCc6ccccc6)c5)nc34)[nH]c2C1. The van der Waals surface area contributed by atoms with Gasteiger partial charge in [0.15, 0.2) is 11.5 Å². The summed E-state index contributed by atoms with van der Waals surface area (Å²) in [4.78, 5) is 18.9. The van der Waals surface area contributed by atoms with E-state index in [9.17, 15) is 0 Å². The van der Waals surface area contributed by atoms with Crippen LogP contribution in [0.15, 0.2) is 96.3 Å². The summed E-state index contributed by atoms with van der Waals surface area (Å²) in [6.07, 6.45) is 8.06. The van der Waals surface area contributed by atoms with Crippen molar-refractivity contribution in [3.63, 3.8) is 0 Å². The molecule has 0 bridgehead atoms. The maximum atomic E-state index is 6.26. The molecule has 6 aromatic rings. The number of hydrogen-bond donors (Lipinski definition) is 3. The molecule has 0 spiro atoms. The number of nitrogens with one attached hydrogen (secondary N) is 2. The number of H-pyrrole nitrogens is 2. The van der Waals surface area contributed by atoms with Crippen molar-refractivity contribution in [1.29, 1.82) is 0 Å². The highest BCUT2D eigenvalue weighted by atomic mass is 32.1. The zero-order chi connectivity index (χ0) is 26.2. The lowest BCUT2D eigenvalue weighted by Gasteiger charge is -2.08. The van der Waals surface area contributed by atoms with Crippen LogP contribution in [0.4, 0.5) is 0 Å². The molecule has 0 saturated heterocycles. The predicted octanol–water partition coefficient (Wildman–Crippen LogP) is 5.88. The molecule has 39 heavy (non-hydrogen) atoms. The lowest BCUT2D eigenvalue weighted by molar-refractivity contribution is 0.305. The molecule has 5 aromatic heterocycles. The van der Waals surface area contributed by atoms with Crippen molar-refractivity contribution < 1.29 is 4.74 Å². The minimum Gasteiger partial charge on any atom is -0.487 e. The minimum atomic E-state index is 0.467. The van der Waals surface area contributed by atoms with Gasteiger partial charge in [-0.25, -0.2) is 9.97 Å². The van der Waals surface area contributed by atoms with Crippen molar-refractivity contribution in [1.82, 2.24) is 30.1 Å². The summed E-state index contributed by atoms with van der Waals surface area (Å²) < 4.78 is 5.98. The number of imidazole rings is 1. The molecule has 0 radical (unpaired) electrons. The second-order valence-corrected chi connectivity index (χ2v) is 10.2. The van der Waals surface area contributed by atoms with Gasteiger partial charge in [0, 0.05) is 40.0 Å². The molecule has 1 aromatic carbocycles. The first-order chi connectivity index (χ1) is 19.2. The van der Waals surface area contributed by atoms with Gasteiger partial charge in [0.25, 0.3) is 0 Å². The fourth-order valence-electron chi connectivity index (χ4n) is 4.64. The summed E-state index contributed by atoms with van der Waals surface area (Å²) in [5.74, 6) is 1.32. The molecular weight excluding hydrogens is 506 g/mol. The number of hydrogen-bond acceptors (Lipinski definition) is 7. The standard InChI is InChI=1S/C30H23N7OS/c31-20-8-9-22(26-7-4-12-39-26)27-25(14-20)34-30(35-27)29-28-24(36-37-29)11-10-23(33-28)19-13-21(16-32-15-19)38-17-18-5-2-1-3-6-18/h1-13,15-16H,14,17,31H2,(H,34,35)(H,36,37). The van der Waals surface area contributed by atoms with Gasteiger partial charge in [-0.1, -0.05) is 36.4 Å². The van der Waals surface area contributed by atoms with Gasteiger partial charge in [0.1, 0.15) is 17.9 Å². The van der Waals surface area contributed by atoms with Crippen molar-refractivity contribution in [2.24, 2.45) is 5.73 Å². The molecule has 1 aliphatic carbocycles. The molecule has 0 atom stereocenters. The first-order valence-electron chi connectivity index (χ1n) is 12.5. The van der Waals surface area contributed by atoms with Crippen LogP contribution in [0, 0.1) is 0 Å². The van der Waals surface area contributed by atoms with Crippen LogP contribution in [0.5, 0.6) is 5.75 Å². The van der Waals surface area contributed by atoms with Gasteiger partial charge in [0.2, 0.25) is 0 Å². The third-order valence-electron chi connectivity index (χ3n) is 6.55. The number of allylic oxidation sites excluding steroid dienone is 3. The van der Waals surface area contributed by atoms with Crippen LogP contribution in [0.2, 0.25) is 0 Å². The highest BCUT2D eigenvalue weighted by Gasteiger charge is 2.22. The monoisotopic (exact) mass is 529 g/mol. The van der Waals surface area contributed by atoms with Crippen molar-refractivity contribution >= 4 is 27.9 Å². The van der Waals surface area contributed by atoms with Crippen LogP contribution in [0.25, 0.3) is 39.4 Å². The van der Waals surface area contributed by atoms with Gasteiger partial charge in [-0.2, -0.15) is 5.10 Å². The van der Waals surface area contributed by atoms with Gasteiger partial charge in [0.05, 0.1) is 23.1 Å². The molecule has 0 fully saturated rings. The Morgan fingerprint density at radius 3 is 2.74 bits per heavy atom. The summed E-state index contributed by atoms with van der Waals surface area (Å²) in [6, 6.07) is 20.0. The zero-order valence-electron chi connectivity index (χ0n) is 20.8. The Balaban J connectivity index is 1.23. The first kappa shape index (κ1) is 23.1. The molecule has 0 saturated carbocycles. The lowest BCUT2D eigenvalue weighted by atomic mass is 10.1. The second-order valence-electron chi connectivity index (χ2n) is 9.24. The number of aromatic nitrogens is 6. The number of fused-ring (bicyclic) bond motifs is 2. The summed E-state index contributed by atoms with van der Waals surface area (Å²) in [5, 5.41) is 9.72. The van der Waals surface area contributed by atoms with Gasteiger partial charge < -0.3 is 15.5 Å². The topological polar surface area (TPSA) is 118 Å². The number of benzene rings is 1. The largest absolute Gasteiger partial charge is 0.487 e. The Morgan fingerprint density at radius 2 is 1.87 bits per heavy atom. The number of thiophene rings is 1. The summed E-state index contributed by atoms with van der Waals surface area (Å²) in [7, 11) is 0. The fourth-order valence-corrected chi connectivity index (χ4v) is 5.39. The molecule has 0 aliphatic heterocycles. The number of nitrogens with two attached hydrogens (primary N) is 1. The van der Waals surface area contributed by atoms with E-state index in [1.807, 2.05) is 66.7 Å². The van der Waals surface area contributed by atoms with Crippen molar-refractivity contribution in [3.05, 3.63) is 118 Å². The molecule has 0 unspecified atom stereocenters. The third-order valence-corrected chi connectivity index (χ3v) is 7.46. The van der Waals surface area contributed by atoms with E-state index in [2.05, 4.69) is 31.6 Å². The maximum absolute atomic E-state index is 6.26.